The number of aromatic nitrogens is 1. The molecule has 2 N–H and O–H groups in total. The number of nitrogens with zero attached hydrogens (tertiary/aromatic N) is 1. The van der Waals surface area contributed by atoms with Crippen LogP contribution in [0.25, 0.3) is 0 Å². The first-order valence-electron chi connectivity index (χ1n) is 7.11. The van der Waals surface area contributed by atoms with Crippen molar-refractivity contribution in [3.63, 3.8) is 0 Å². The van der Waals surface area contributed by atoms with Crippen LogP contribution >= 0.6 is 11.3 Å². The third-order valence-corrected chi connectivity index (χ3v) is 6.84. The lowest BCUT2D eigenvalue weighted by Gasteiger charge is -2.15. The van der Waals surface area contributed by atoms with Crippen molar-refractivity contribution in [2.45, 2.75) is 44.5 Å². The highest BCUT2D eigenvalue weighted by Crippen LogP contribution is 2.21. The molecule has 0 amide bonds. The highest BCUT2D eigenvalue weighted by Gasteiger charge is 2.35. The topological polar surface area (TPSA) is 106 Å². The molecule has 2 rings (SSSR count). The predicted molar refractivity (Wildman–Crippen MR) is 82.9 cm³/mol. The minimum absolute atomic E-state index is 0.243. The highest BCUT2D eigenvalue weighted by molar-refractivity contribution is 7.90. The van der Waals surface area contributed by atoms with E-state index >= 15 is 0 Å². The molecule has 0 radical (unpaired) electrons. The maximum absolute atomic E-state index is 12.1. The van der Waals surface area contributed by atoms with Crippen molar-refractivity contribution in [2.75, 3.05) is 13.2 Å². The summed E-state index contributed by atoms with van der Waals surface area (Å²) >= 11 is 1.14. The van der Waals surface area contributed by atoms with E-state index in [2.05, 4.69) is 9.71 Å². The van der Waals surface area contributed by atoms with Crippen LogP contribution in [0.2, 0.25) is 0 Å². The monoisotopic (exact) mass is 348 g/mol. The van der Waals surface area contributed by atoms with Gasteiger partial charge in [0.25, 0.3) is 0 Å². The first-order chi connectivity index (χ1) is 10.3. The Morgan fingerprint density at radius 1 is 1.55 bits per heavy atom. The minimum Gasteiger partial charge on any atom is -0.477 e. The lowest BCUT2D eigenvalue weighted by Crippen LogP contribution is -2.38. The molecular weight excluding hydrogens is 328 g/mol. The van der Waals surface area contributed by atoms with Gasteiger partial charge in [0.05, 0.1) is 16.8 Å². The quantitative estimate of drug-likeness (QED) is 0.717. The lowest BCUT2D eigenvalue weighted by molar-refractivity contribution is 0.0701. The number of rotatable bonds is 7. The van der Waals surface area contributed by atoms with E-state index < -0.39 is 21.2 Å². The van der Waals surface area contributed by atoms with Crippen LogP contribution in [0.5, 0.6) is 0 Å². The number of carbonyl (C=O) groups is 1. The third-order valence-electron chi connectivity index (χ3n) is 3.61. The van der Waals surface area contributed by atoms with E-state index in [0.29, 0.717) is 43.1 Å². The van der Waals surface area contributed by atoms with E-state index in [9.17, 15) is 13.2 Å². The molecular formula is C13H20N2O5S2. The summed E-state index contributed by atoms with van der Waals surface area (Å²) in [6.07, 6.45) is 1.37. The molecule has 1 aromatic rings. The van der Waals surface area contributed by atoms with Crippen LogP contribution in [-0.4, -0.2) is 49.0 Å². The Morgan fingerprint density at radius 2 is 2.27 bits per heavy atom. The van der Waals surface area contributed by atoms with E-state index in [1.165, 1.54) is 0 Å². The van der Waals surface area contributed by atoms with E-state index in [-0.39, 0.29) is 11.0 Å². The Morgan fingerprint density at radius 3 is 2.82 bits per heavy atom. The van der Waals surface area contributed by atoms with Gasteiger partial charge in [0, 0.05) is 19.6 Å². The zero-order valence-electron chi connectivity index (χ0n) is 12.5. The van der Waals surface area contributed by atoms with Crippen LogP contribution in [0, 0.1) is 6.92 Å². The fourth-order valence-corrected chi connectivity index (χ4v) is 5.02. The number of hydrogen-bond donors (Lipinski definition) is 2. The van der Waals surface area contributed by atoms with Crippen LogP contribution in [0.4, 0.5) is 0 Å². The molecule has 2 heterocycles. The molecule has 2 unspecified atom stereocenters. The van der Waals surface area contributed by atoms with Crippen LogP contribution in [-0.2, 0) is 21.2 Å². The first kappa shape index (κ1) is 17.3. The molecule has 0 aromatic carbocycles. The molecule has 22 heavy (non-hydrogen) atoms. The van der Waals surface area contributed by atoms with Crippen molar-refractivity contribution in [3.8, 4) is 0 Å². The number of aromatic carboxylic acids is 1. The molecule has 124 valence electrons. The second-order valence-corrected chi connectivity index (χ2v) is 8.34. The normalized spacial score (nSPS) is 22.1. The van der Waals surface area contributed by atoms with Gasteiger partial charge < -0.3 is 9.84 Å². The van der Waals surface area contributed by atoms with Crippen molar-refractivity contribution in [1.29, 1.82) is 0 Å². The van der Waals surface area contributed by atoms with Crippen LogP contribution in [0.15, 0.2) is 0 Å². The molecule has 1 aromatic heterocycles. The van der Waals surface area contributed by atoms with E-state index in [0.717, 1.165) is 11.3 Å². The van der Waals surface area contributed by atoms with Crippen molar-refractivity contribution in [2.24, 2.45) is 0 Å². The van der Waals surface area contributed by atoms with Crippen LogP contribution < -0.4 is 4.72 Å². The molecule has 1 saturated heterocycles. The summed E-state index contributed by atoms with van der Waals surface area (Å²) in [6.45, 7) is 4.21. The summed E-state index contributed by atoms with van der Waals surface area (Å²) in [7, 11) is -3.37. The number of ether oxygens (including phenoxy) is 1. The van der Waals surface area contributed by atoms with Gasteiger partial charge in [-0.05, 0) is 26.7 Å². The highest BCUT2D eigenvalue weighted by atomic mass is 32.2. The molecule has 7 nitrogen and oxygen atoms in total. The molecule has 1 aliphatic heterocycles. The van der Waals surface area contributed by atoms with E-state index in [1.807, 2.05) is 0 Å². The molecule has 0 aliphatic carbocycles. The standard InChI is InChI=1S/C13H20N2O5S2/c1-8-12(13(16)17)21-11(15-8)4-3-6-14-22(18,19)10-5-7-20-9(10)2/h9-10,14H,3-7H2,1-2H3,(H,16,17). The van der Waals surface area contributed by atoms with Gasteiger partial charge in [0.2, 0.25) is 10.0 Å². The molecule has 2 atom stereocenters. The zero-order valence-corrected chi connectivity index (χ0v) is 14.2. The SMILES string of the molecule is Cc1nc(CCCNS(=O)(=O)C2CCOC2C)sc1C(=O)O. The second kappa shape index (κ2) is 7.03. The van der Waals surface area contributed by atoms with Crippen molar-refractivity contribution in [1.82, 2.24) is 9.71 Å². The molecule has 1 aliphatic rings. The number of hydrogen-bond acceptors (Lipinski definition) is 6. The fraction of sp³-hybridized carbons (Fsp3) is 0.692. The summed E-state index contributed by atoms with van der Waals surface area (Å²) in [6, 6.07) is 0. The number of carboxylic acids is 1. The number of thiazole rings is 1. The van der Waals surface area contributed by atoms with Gasteiger partial charge in [-0.25, -0.2) is 22.9 Å². The summed E-state index contributed by atoms with van der Waals surface area (Å²) in [5.41, 5.74) is 0.505. The van der Waals surface area contributed by atoms with Crippen LogP contribution in [0.1, 0.15) is 40.1 Å². The fourth-order valence-electron chi connectivity index (χ4n) is 2.44. The van der Waals surface area contributed by atoms with Crippen LogP contribution in [0.3, 0.4) is 0 Å². The first-order valence-corrected chi connectivity index (χ1v) is 9.47. The summed E-state index contributed by atoms with van der Waals surface area (Å²) in [5, 5.41) is 9.19. The van der Waals surface area contributed by atoms with Gasteiger partial charge in [0.1, 0.15) is 10.1 Å². The Hall–Kier alpha value is -1.03. The Bertz CT molecular complexity index is 641. The third kappa shape index (κ3) is 4.03. The largest absolute Gasteiger partial charge is 0.477 e. The Kier molecular flexibility index (Phi) is 5.54. The summed E-state index contributed by atoms with van der Waals surface area (Å²) in [4.78, 5) is 15.4. The smallest absolute Gasteiger partial charge is 0.347 e. The van der Waals surface area contributed by atoms with Gasteiger partial charge in [-0.15, -0.1) is 11.3 Å². The average molecular weight is 348 g/mol. The van der Waals surface area contributed by atoms with Gasteiger partial charge in [-0.2, -0.15) is 0 Å². The Labute approximate surface area is 133 Å². The van der Waals surface area contributed by atoms with Gasteiger partial charge in [-0.3, -0.25) is 0 Å². The molecule has 0 spiro atoms. The average Bonchev–Trinajstić information content (AvgIpc) is 3.01. The minimum atomic E-state index is -3.37. The van der Waals surface area contributed by atoms with Crippen molar-refractivity contribution in [3.05, 3.63) is 15.6 Å². The molecule has 9 heteroatoms. The lowest BCUT2D eigenvalue weighted by atomic mass is 10.3. The maximum Gasteiger partial charge on any atom is 0.347 e. The zero-order chi connectivity index (χ0) is 16.3. The summed E-state index contributed by atoms with van der Waals surface area (Å²) in [5.74, 6) is -0.975. The number of aryl methyl sites for hydroxylation is 2. The summed E-state index contributed by atoms with van der Waals surface area (Å²) < 4.78 is 32.1. The molecule has 1 fully saturated rings. The molecule has 0 bridgehead atoms. The molecule has 0 saturated carbocycles. The second-order valence-electron chi connectivity index (χ2n) is 5.27. The maximum atomic E-state index is 12.1. The number of nitrogens with one attached hydrogen (secondary N) is 1. The van der Waals surface area contributed by atoms with Gasteiger partial charge in [-0.1, -0.05) is 0 Å². The van der Waals surface area contributed by atoms with E-state index in [4.69, 9.17) is 9.84 Å². The van der Waals surface area contributed by atoms with Crippen molar-refractivity contribution < 1.29 is 23.1 Å². The van der Waals surface area contributed by atoms with Crippen molar-refractivity contribution >= 4 is 27.3 Å². The van der Waals surface area contributed by atoms with Gasteiger partial charge in [0.15, 0.2) is 0 Å². The number of sulfonamides is 1. The predicted octanol–water partition coefficient (Wildman–Crippen LogP) is 1.18. The Balaban J connectivity index is 1.82. The van der Waals surface area contributed by atoms with Gasteiger partial charge >= 0.3 is 5.97 Å². The number of carboxylic acid groups (broad SMARTS) is 1. The van der Waals surface area contributed by atoms with E-state index in [1.54, 1.807) is 13.8 Å².